The molecule has 0 saturated carbocycles. The maximum atomic E-state index is 13.1. The Morgan fingerprint density at radius 1 is 1.23 bits per heavy atom. The maximum absolute atomic E-state index is 13.1. The summed E-state index contributed by atoms with van der Waals surface area (Å²) in [6.45, 7) is 7.65. The van der Waals surface area contributed by atoms with E-state index in [0.717, 1.165) is 24.3 Å². The van der Waals surface area contributed by atoms with Gasteiger partial charge in [-0.05, 0) is 63.3 Å². The first kappa shape index (κ1) is 24.3. The molecule has 1 aromatic carbocycles. The molecule has 2 N–H and O–H groups in total. The van der Waals surface area contributed by atoms with E-state index in [1.54, 1.807) is 9.80 Å². The molecule has 2 amide bonds. The molecular weight excluding hydrogens is 423 g/mol. The van der Waals surface area contributed by atoms with Crippen LogP contribution in [0.1, 0.15) is 31.6 Å². The molecule has 3 rings (SSSR count). The summed E-state index contributed by atoms with van der Waals surface area (Å²) in [5.74, 6) is 1.41. The van der Waals surface area contributed by atoms with Gasteiger partial charge in [0.1, 0.15) is 17.6 Å². The van der Waals surface area contributed by atoms with Crippen LogP contribution in [-0.2, 0) is 0 Å². The van der Waals surface area contributed by atoms with Crippen LogP contribution in [-0.4, -0.2) is 54.1 Å². The van der Waals surface area contributed by atoms with Gasteiger partial charge in [-0.1, -0.05) is 25.1 Å². The van der Waals surface area contributed by atoms with Crippen LogP contribution >= 0.6 is 24.0 Å². The monoisotopic (exact) mass is 452 g/mol. The van der Waals surface area contributed by atoms with E-state index < -0.39 is 6.17 Å². The molecule has 8 heteroatoms. The molecule has 1 aromatic heterocycles. The molecule has 2 heterocycles. The van der Waals surface area contributed by atoms with Crippen LogP contribution in [0.5, 0.6) is 0 Å². The van der Waals surface area contributed by atoms with E-state index in [2.05, 4.69) is 11.5 Å². The molecule has 0 radical (unpaired) electrons. The number of benzene rings is 1. The Bertz CT molecular complexity index is 866. The van der Waals surface area contributed by atoms with Crippen molar-refractivity contribution < 1.29 is 9.21 Å². The Morgan fingerprint density at radius 3 is 2.50 bits per heavy atom. The molecular formula is C22H30Cl2N4O2. The molecule has 30 heavy (non-hydrogen) atoms. The zero-order valence-corrected chi connectivity index (χ0v) is 19.2. The zero-order valence-electron chi connectivity index (χ0n) is 17.7. The van der Waals surface area contributed by atoms with Crippen molar-refractivity contribution in [3.8, 4) is 11.3 Å². The SMILES string of the molecule is C=C1C(c2ccc(-c3ccc(Cl)cc3)o2)N(CCC)C(=O)N1C(N)CCN(C)C.Cl. The third-order valence-electron chi connectivity index (χ3n) is 5.08. The van der Waals surface area contributed by atoms with Crippen molar-refractivity contribution >= 4 is 30.0 Å². The summed E-state index contributed by atoms with van der Waals surface area (Å²) >= 11 is 5.98. The van der Waals surface area contributed by atoms with E-state index in [1.165, 1.54) is 0 Å². The molecule has 2 aromatic rings. The highest BCUT2D eigenvalue weighted by atomic mass is 35.5. The van der Waals surface area contributed by atoms with Crippen molar-refractivity contribution in [3.05, 3.63) is 59.5 Å². The number of urea groups is 1. The van der Waals surface area contributed by atoms with Crippen molar-refractivity contribution in [1.29, 1.82) is 0 Å². The number of amides is 2. The van der Waals surface area contributed by atoms with Gasteiger partial charge in [0, 0.05) is 29.4 Å². The van der Waals surface area contributed by atoms with E-state index in [9.17, 15) is 4.79 Å². The number of hydrogen-bond donors (Lipinski definition) is 1. The number of nitrogens with zero attached hydrogens (tertiary/aromatic N) is 3. The molecule has 0 aliphatic carbocycles. The van der Waals surface area contributed by atoms with Crippen LogP contribution in [0.2, 0.25) is 5.02 Å². The Kier molecular flexibility index (Phi) is 8.38. The Hall–Kier alpha value is -1.99. The van der Waals surface area contributed by atoms with Gasteiger partial charge in [0.25, 0.3) is 0 Å². The second-order valence-electron chi connectivity index (χ2n) is 7.61. The molecule has 2 atom stereocenters. The van der Waals surface area contributed by atoms with Crippen molar-refractivity contribution in [2.45, 2.75) is 32.0 Å². The number of carbonyl (C=O) groups is 1. The van der Waals surface area contributed by atoms with E-state index in [4.69, 9.17) is 21.8 Å². The first-order valence-corrected chi connectivity index (χ1v) is 10.3. The second-order valence-corrected chi connectivity index (χ2v) is 8.04. The zero-order chi connectivity index (χ0) is 21.1. The van der Waals surface area contributed by atoms with E-state index in [-0.39, 0.29) is 24.5 Å². The van der Waals surface area contributed by atoms with Gasteiger partial charge in [-0.2, -0.15) is 0 Å². The Balaban J connectivity index is 0.00000320. The van der Waals surface area contributed by atoms with Crippen molar-refractivity contribution in [3.63, 3.8) is 0 Å². The molecule has 0 bridgehead atoms. The fraction of sp³-hybridized carbons (Fsp3) is 0.409. The second kappa shape index (κ2) is 10.4. The van der Waals surface area contributed by atoms with Crippen molar-refractivity contribution in [2.24, 2.45) is 5.73 Å². The summed E-state index contributed by atoms with van der Waals surface area (Å²) in [5.41, 5.74) is 7.95. The average molecular weight is 453 g/mol. The molecule has 1 aliphatic heterocycles. The molecule has 1 saturated heterocycles. The minimum atomic E-state index is -0.424. The summed E-state index contributed by atoms with van der Waals surface area (Å²) < 4.78 is 6.14. The standard InChI is InChI=1S/C22H29ClN4O2.ClH/c1-5-13-26-21(15(2)27(22(26)28)20(24)12-14-25(3)4)19-11-10-18(29-19)16-6-8-17(23)9-7-16;/h6-11,20-21H,2,5,12-14,24H2,1,3-4H3;1H. The molecule has 1 fully saturated rings. The highest BCUT2D eigenvalue weighted by Crippen LogP contribution is 2.40. The molecule has 0 spiro atoms. The minimum Gasteiger partial charge on any atom is -0.458 e. The Labute approximate surface area is 189 Å². The number of rotatable bonds is 8. The topological polar surface area (TPSA) is 66.0 Å². The summed E-state index contributed by atoms with van der Waals surface area (Å²) in [5, 5.41) is 0.673. The lowest BCUT2D eigenvalue weighted by Gasteiger charge is -2.25. The average Bonchev–Trinajstić information content (AvgIpc) is 3.24. The van der Waals surface area contributed by atoms with Crippen LogP contribution in [0.3, 0.4) is 0 Å². The number of hydrogen-bond acceptors (Lipinski definition) is 4. The van der Waals surface area contributed by atoms with Gasteiger partial charge in [-0.3, -0.25) is 4.90 Å². The molecule has 2 unspecified atom stereocenters. The summed E-state index contributed by atoms with van der Waals surface area (Å²) in [7, 11) is 3.97. The fourth-order valence-electron chi connectivity index (χ4n) is 3.61. The number of halogens is 2. The summed E-state index contributed by atoms with van der Waals surface area (Å²) in [6, 6.07) is 10.8. The quantitative estimate of drug-likeness (QED) is 0.614. The number of furan rings is 1. The van der Waals surface area contributed by atoms with Crippen LogP contribution in [0, 0.1) is 0 Å². The van der Waals surface area contributed by atoms with Crippen molar-refractivity contribution in [1.82, 2.24) is 14.7 Å². The summed E-state index contributed by atoms with van der Waals surface area (Å²) in [4.78, 5) is 18.6. The van der Waals surface area contributed by atoms with E-state index in [0.29, 0.717) is 29.4 Å². The van der Waals surface area contributed by atoms with Gasteiger partial charge in [0.15, 0.2) is 0 Å². The van der Waals surface area contributed by atoms with Gasteiger partial charge in [-0.15, -0.1) is 12.4 Å². The first-order chi connectivity index (χ1) is 13.8. The summed E-state index contributed by atoms with van der Waals surface area (Å²) in [6.07, 6.45) is 1.08. The predicted molar refractivity (Wildman–Crippen MR) is 124 cm³/mol. The highest BCUT2D eigenvalue weighted by molar-refractivity contribution is 6.30. The highest BCUT2D eigenvalue weighted by Gasteiger charge is 2.44. The predicted octanol–water partition coefficient (Wildman–Crippen LogP) is 4.96. The first-order valence-electron chi connectivity index (χ1n) is 9.88. The molecule has 1 aliphatic rings. The van der Waals surface area contributed by atoms with Gasteiger partial charge >= 0.3 is 6.03 Å². The molecule has 164 valence electrons. The lowest BCUT2D eigenvalue weighted by atomic mass is 10.1. The Morgan fingerprint density at radius 2 is 1.90 bits per heavy atom. The van der Waals surface area contributed by atoms with E-state index >= 15 is 0 Å². The maximum Gasteiger partial charge on any atom is 0.326 e. The normalized spacial score (nSPS) is 17.6. The minimum absolute atomic E-state index is 0. The third-order valence-corrected chi connectivity index (χ3v) is 5.33. The van der Waals surface area contributed by atoms with Crippen LogP contribution in [0.4, 0.5) is 4.79 Å². The van der Waals surface area contributed by atoms with Gasteiger partial charge in [-0.25, -0.2) is 4.79 Å². The van der Waals surface area contributed by atoms with Crippen LogP contribution in [0.25, 0.3) is 11.3 Å². The van der Waals surface area contributed by atoms with Gasteiger partial charge < -0.3 is 20.0 Å². The van der Waals surface area contributed by atoms with Gasteiger partial charge in [0.05, 0.1) is 6.17 Å². The van der Waals surface area contributed by atoms with Crippen LogP contribution < -0.4 is 5.73 Å². The number of nitrogens with two attached hydrogens (primary N) is 1. The largest absolute Gasteiger partial charge is 0.458 e. The van der Waals surface area contributed by atoms with E-state index in [1.807, 2.05) is 57.4 Å². The van der Waals surface area contributed by atoms with Gasteiger partial charge in [0.2, 0.25) is 0 Å². The lowest BCUT2D eigenvalue weighted by Crippen LogP contribution is -2.45. The smallest absolute Gasteiger partial charge is 0.326 e. The number of carbonyl (C=O) groups excluding carboxylic acids is 1. The third kappa shape index (κ3) is 5.01. The van der Waals surface area contributed by atoms with Crippen LogP contribution in [0.15, 0.2) is 53.1 Å². The molecule has 6 nitrogen and oxygen atoms in total. The van der Waals surface area contributed by atoms with Crippen molar-refractivity contribution in [2.75, 3.05) is 27.2 Å². The lowest BCUT2D eigenvalue weighted by molar-refractivity contribution is 0.171. The fourth-order valence-corrected chi connectivity index (χ4v) is 3.74.